The van der Waals surface area contributed by atoms with Crippen LogP contribution in [0.15, 0.2) is 24.5 Å². The molecule has 1 rings (SSSR count). The highest BCUT2D eigenvalue weighted by molar-refractivity contribution is 5.16. The zero-order chi connectivity index (χ0) is 9.19. The molecule has 0 amide bonds. The number of aliphatic hydroxyl groups excluding tert-OH is 1. The molecule has 0 radical (unpaired) electrons. The fourth-order valence-corrected chi connectivity index (χ4v) is 0.975. The van der Waals surface area contributed by atoms with Gasteiger partial charge in [-0.25, -0.2) is 0 Å². The average molecular weight is 166 g/mol. The van der Waals surface area contributed by atoms with Crippen LogP contribution in [0.5, 0.6) is 0 Å². The van der Waals surface area contributed by atoms with E-state index in [0.29, 0.717) is 0 Å². The first-order valence-electron chi connectivity index (χ1n) is 3.88. The van der Waals surface area contributed by atoms with Crippen molar-refractivity contribution >= 4 is 0 Å². The van der Waals surface area contributed by atoms with E-state index in [2.05, 4.69) is 4.98 Å². The van der Waals surface area contributed by atoms with E-state index in [4.69, 9.17) is 5.73 Å². The molecule has 0 spiro atoms. The van der Waals surface area contributed by atoms with Crippen molar-refractivity contribution < 1.29 is 5.11 Å². The summed E-state index contributed by atoms with van der Waals surface area (Å²) < 4.78 is 0. The number of pyridine rings is 1. The molecule has 3 heteroatoms. The fourth-order valence-electron chi connectivity index (χ4n) is 0.975. The Hall–Kier alpha value is -0.930. The van der Waals surface area contributed by atoms with Gasteiger partial charge < -0.3 is 10.8 Å². The van der Waals surface area contributed by atoms with Crippen LogP contribution in [-0.4, -0.2) is 15.6 Å². The summed E-state index contributed by atoms with van der Waals surface area (Å²) in [6, 6.07) is 3.53. The number of aromatic nitrogens is 1. The number of nitrogens with zero attached hydrogens (tertiary/aromatic N) is 1. The van der Waals surface area contributed by atoms with E-state index in [1.807, 2.05) is 0 Å². The summed E-state index contributed by atoms with van der Waals surface area (Å²) >= 11 is 0. The quantitative estimate of drug-likeness (QED) is 0.684. The lowest BCUT2D eigenvalue weighted by Crippen LogP contribution is -2.39. The zero-order valence-electron chi connectivity index (χ0n) is 7.36. The molecule has 1 heterocycles. The van der Waals surface area contributed by atoms with E-state index in [-0.39, 0.29) is 0 Å². The summed E-state index contributed by atoms with van der Waals surface area (Å²) in [4.78, 5) is 3.86. The summed E-state index contributed by atoms with van der Waals surface area (Å²) in [5.41, 5.74) is 5.93. The Morgan fingerprint density at radius 2 is 1.92 bits per heavy atom. The number of hydrogen-bond donors (Lipinski definition) is 2. The SMILES string of the molecule is CC(C)(N)[C@@H](O)c1ccncc1. The monoisotopic (exact) mass is 166 g/mol. The zero-order valence-corrected chi connectivity index (χ0v) is 7.36. The van der Waals surface area contributed by atoms with Gasteiger partial charge in [-0.1, -0.05) is 0 Å². The Morgan fingerprint density at radius 1 is 1.42 bits per heavy atom. The summed E-state index contributed by atoms with van der Waals surface area (Å²) in [6.45, 7) is 3.58. The molecule has 12 heavy (non-hydrogen) atoms. The Balaban J connectivity index is 2.86. The molecule has 1 aromatic heterocycles. The molecule has 3 N–H and O–H groups in total. The Kier molecular flexibility index (Phi) is 2.45. The van der Waals surface area contributed by atoms with Gasteiger partial charge >= 0.3 is 0 Å². The average Bonchev–Trinajstić information content (AvgIpc) is 2.03. The second kappa shape index (κ2) is 3.21. The third kappa shape index (κ3) is 2.03. The van der Waals surface area contributed by atoms with Crippen LogP contribution in [0.4, 0.5) is 0 Å². The molecule has 0 aliphatic carbocycles. The lowest BCUT2D eigenvalue weighted by molar-refractivity contribution is 0.104. The van der Waals surface area contributed by atoms with Gasteiger partial charge in [0.15, 0.2) is 0 Å². The summed E-state index contributed by atoms with van der Waals surface area (Å²) in [7, 11) is 0. The smallest absolute Gasteiger partial charge is 0.0965 e. The van der Waals surface area contributed by atoms with E-state index in [1.54, 1.807) is 38.4 Å². The van der Waals surface area contributed by atoms with Gasteiger partial charge in [0.05, 0.1) is 6.10 Å². The molecule has 66 valence electrons. The maximum Gasteiger partial charge on any atom is 0.0965 e. The van der Waals surface area contributed by atoms with Crippen molar-refractivity contribution in [1.82, 2.24) is 4.98 Å². The van der Waals surface area contributed by atoms with Gasteiger partial charge in [-0.2, -0.15) is 0 Å². The Labute approximate surface area is 72.2 Å². The van der Waals surface area contributed by atoms with Crippen molar-refractivity contribution in [1.29, 1.82) is 0 Å². The lowest BCUT2D eigenvalue weighted by Gasteiger charge is -2.25. The molecule has 3 nitrogen and oxygen atoms in total. The van der Waals surface area contributed by atoms with Gasteiger partial charge in [0.2, 0.25) is 0 Å². The van der Waals surface area contributed by atoms with Crippen molar-refractivity contribution in [3.05, 3.63) is 30.1 Å². The summed E-state index contributed by atoms with van der Waals surface area (Å²) in [5.74, 6) is 0. The minimum absolute atomic E-state index is 0.610. The Bertz CT molecular complexity index is 240. The maximum absolute atomic E-state index is 9.70. The topological polar surface area (TPSA) is 59.1 Å². The molecular weight excluding hydrogens is 152 g/mol. The number of rotatable bonds is 2. The van der Waals surface area contributed by atoms with Gasteiger partial charge in [-0.15, -0.1) is 0 Å². The number of aliphatic hydroxyl groups is 1. The van der Waals surface area contributed by atoms with Crippen LogP contribution in [0, 0.1) is 0 Å². The highest BCUT2D eigenvalue weighted by Gasteiger charge is 2.23. The predicted octanol–water partition coefficient (Wildman–Crippen LogP) is 0.852. The highest BCUT2D eigenvalue weighted by Crippen LogP contribution is 2.21. The molecule has 0 saturated heterocycles. The highest BCUT2D eigenvalue weighted by atomic mass is 16.3. The lowest BCUT2D eigenvalue weighted by atomic mass is 9.93. The second-order valence-electron chi connectivity index (χ2n) is 3.50. The normalized spacial score (nSPS) is 14.3. The van der Waals surface area contributed by atoms with Crippen LogP contribution >= 0.6 is 0 Å². The van der Waals surface area contributed by atoms with E-state index < -0.39 is 11.6 Å². The van der Waals surface area contributed by atoms with E-state index >= 15 is 0 Å². The van der Waals surface area contributed by atoms with Crippen LogP contribution in [0.1, 0.15) is 25.5 Å². The van der Waals surface area contributed by atoms with Gasteiger partial charge in [0.25, 0.3) is 0 Å². The third-order valence-corrected chi connectivity index (χ3v) is 1.73. The first kappa shape index (κ1) is 9.16. The van der Waals surface area contributed by atoms with Crippen molar-refractivity contribution in [2.45, 2.75) is 25.5 Å². The van der Waals surface area contributed by atoms with Gasteiger partial charge in [-0.3, -0.25) is 4.98 Å². The Morgan fingerprint density at radius 3 is 2.33 bits per heavy atom. The van der Waals surface area contributed by atoms with Crippen LogP contribution in [0.3, 0.4) is 0 Å². The van der Waals surface area contributed by atoms with Crippen molar-refractivity contribution in [3.8, 4) is 0 Å². The predicted molar refractivity (Wildman–Crippen MR) is 47.5 cm³/mol. The fraction of sp³-hybridized carbons (Fsp3) is 0.444. The molecular formula is C9H14N2O. The number of nitrogens with two attached hydrogens (primary N) is 1. The van der Waals surface area contributed by atoms with Crippen molar-refractivity contribution in [2.24, 2.45) is 5.73 Å². The summed E-state index contributed by atoms with van der Waals surface area (Å²) in [5, 5.41) is 9.70. The summed E-state index contributed by atoms with van der Waals surface area (Å²) in [6.07, 6.45) is 2.65. The molecule has 0 fully saturated rings. The second-order valence-corrected chi connectivity index (χ2v) is 3.50. The first-order chi connectivity index (χ1) is 5.52. The molecule has 0 aromatic carbocycles. The molecule has 1 atom stereocenters. The molecule has 0 bridgehead atoms. The van der Waals surface area contributed by atoms with Crippen molar-refractivity contribution in [3.63, 3.8) is 0 Å². The minimum Gasteiger partial charge on any atom is -0.387 e. The molecule has 0 unspecified atom stereocenters. The molecule has 1 aromatic rings. The molecule has 0 saturated carbocycles. The van der Waals surface area contributed by atoms with Crippen LogP contribution in [0.2, 0.25) is 0 Å². The van der Waals surface area contributed by atoms with Gasteiger partial charge in [0.1, 0.15) is 0 Å². The standard InChI is InChI=1S/C9H14N2O/c1-9(2,10)8(12)7-3-5-11-6-4-7/h3-6,8,12H,10H2,1-2H3/t8-/m0/s1. The first-order valence-corrected chi connectivity index (χ1v) is 3.88. The van der Waals surface area contributed by atoms with Gasteiger partial charge in [0, 0.05) is 17.9 Å². The van der Waals surface area contributed by atoms with Gasteiger partial charge in [-0.05, 0) is 31.5 Å². The van der Waals surface area contributed by atoms with Crippen LogP contribution in [0.25, 0.3) is 0 Å². The van der Waals surface area contributed by atoms with Crippen LogP contribution < -0.4 is 5.73 Å². The largest absolute Gasteiger partial charge is 0.387 e. The number of hydrogen-bond acceptors (Lipinski definition) is 3. The maximum atomic E-state index is 9.70. The van der Waals surface area contributed by atoms with E-state index in [9.17, 15) is 5.11 Å². The van der Waals surface area contributed by atoms with E-state index in [0.717, 1.165) is 5.56 Å². The molecule has 0 aliphatic rings. The molecule has 0 aliphatic heterocycles. The van der Waals surface area contributed by atoms with E-state index in [1.165, 1.54) is 0 Å². The van der Waals surface area contributed by atoms with Crippen molar-refractivity contribution in [2.75, 3.05) is 0 Å². The van der Waals surface area contributed by atoms with Crippen LogP contribution in [-0.2, 0) is 0 Å². The minimum atomic E-state index is -0.638. The third-order valence-electron chi connectivity index (χ3n) is 1.73.